The molecule has 3 aromatic rings. The molecule has 0 N–H and O–H groups in total. The molecule has 0 amide bonds. The van der Waals surface area contributed by atoms with Crippen molar-refractivity contribution in [2.24, 2.45) is 0 Å². The smallest absolute Gasteiger partial charge is 0.278 e. The summed E-state index contributed by atoms with van der Waals surface area (Å²) in [4.78, 5) is 0. The van der Waals surface area contributed by atoms with Crippen LogP contribution in [0.25, 0.3) is 11.5 Å². The molecule has 5 nitrogen and oxygen atoms in total. The lowest BCUT2D eigenvalue weighted by atomic mass is 10.1. The molecule has 0 saturated heterocycles. The molecule has 1 atom stereocenters. The second-order valence-electron chi connectivity index (χ2n) is 5.19. The van der Waals surface area contributed by atoms with Gasteiger partial charge in [-0.3, -0.25) is 0 Å². The van der Waals surface area contributed by atoms with Gasteiger partial charge in [-0.15, -0.1) is 10.2 Å². The van der Waals surface area contributed by atoms with Crippen LogP contribution in [0.5, 0.6) is 0 Å². The van der Waals surface area contributed by atoms with Crippen molar-refractivity contribution in [3.8, 4) is 17.5 Å². The van der Waals surface area contributed by atoms with Gasteiger partial charge in [0.15, 0.2) is 0 Å². The summed E-state index contributed by atoms with van der Waals surface area (Å²) in [6.07, 6.45) is 2.21. The SMILES string of the molecule is Cc1ccc(C[C@@H](C#N)Sc2nnc(-c3ccoc3C)o2)cc1. The summed E-state index contributed by atoms with van der Waals surface area (Å²) in [6, 6.07) is 12.2. The molecular weight excluding hydrogens is 310 g/mol. The highest BCUT2D eigenvalue weighted by atomic mass is 32.2. The predicted octanol–water partition coefficient (Wildman–Crippen LogP) is 4.17. The topological polar surface area (TPSA) is 75.8 Å². The molecule has 6 heteroatoms. The lowest BCUT2D eigenvalue weighted by molar-refractivity contribution is 0.463. The first kappa shape index (κ1) is 15.4. The van der Waals surface area contributed by atoms with Crippen LogP contribution in [-0.2, 0) is 6.42 Å². The van der Waals surface area contributed by atoms with Crippen molar-refractivity contribution < 1.29 is 8.83 Å². The van der Waals surface area contributed by atoms with Crippen LogP contribution in [0.2, 0.25) is 0 Å². The van der Waals surface area contributed by atoms with Gasteiger partial charge in [0.25, 0.3) is 11.1 Å². The van der Waals surface area contributed by atoms with E-state index in [0.717, 1.165) is 16.9 Å². The number of benzene rings is 1. The van der Waals surface area contributed by atoms with E-state index < -0.39 is 0 Å². The van der Waals surface area contributed by atoms with Gasteiger partial charge in [-0.25, -0.2) is 0 Å². The fourth-order valence-corrected chi connectivity index (χ4v) is 2.93. The number of furan rings is 1. The number of rotatable bonds is 5. The summed E-state index contributed by atoms with van der Waals surface area (Å²) in [6.45, 7) is 3.87. The van der Waals surface area contributed by atoms with Crippen molar-refractivity contribution >= 4 is 11.8 Å². The number of nitrogens with zero attached hydrogens (tertiary/aromatic N) is 3. The first-order valence-corrected chi connectivity index (χ1v) is 8.03. The van der Waals surface area contributed by atoms with Crippen LogP contribution in [-0.4, -0.2) is 15.4 Å². The monoisotopic (exact) mass is 325 g/mol. The minimum absolute atomic E-state index is 0.281. The van der Waals surface area contributed by atoms with Gasteiger partial charge in [-0.2, -0.15) is 5.26 Å². The summed E-state index contributed by atoms with van der Waals surface area (Å²) >= 11 is 1.28. The molecule has 0 aliphatic carbocycles. The number of aryl methyl sites for hydroxylation is 2. The molecular formula is C17H15N3O2S. The molecule has 3 rings (SSSR count). The molecule has 0 spiro atoms. The van der Waals surface area contributed by atoms with E-state index in [9.17, 15) is 5.26 Å². The van der Waals surface area contributed by atoms with Crippen molar-refractivity contribution in [3.63, 3.8) is 0 Å². The lowest BCUT2D eigenvalue weighted by Crippen LogP contribution is -2.03. The fourth-order valence-electron chi connectivity index (χ4n) is 2.15. The lowest BCUT2D eigenvalue weighted by Gasteiger charge is -2.06. The second kappa shape index (κ2) is 6.71. The third-order valence-electron chi connectivity index (χ3n) is 3.42. The molecule has 2 aromatic heterocycles. The van der Waals surface area contributed by atoms with Crippen molar-refractivity contribution in [2.75, 3.05) is 0 Å². The van der Waals surface area contributed by atoms with Gasteiger partial charge in [0, 0.05) is 0 Å². The summed E-state index contributed by atoms with van der Waals surface area (Å²) in [5.41, 5.74) is 3.09. The van der Waals surface area contributed by atoms with Crippen LogP contribution in [0.4, 0.5) is 0 Å². The van der Waals surface area contributed by atoms with E-state index in [2.05, 4.69) is 16.3 Å². The Balaban J connectivity index is 1.70. The Morgan fingerprint density at radius 2 is 1.96 bits per heavy atom. The van der Waals surface area contributed by atoms with E-state index in [1.165, 1.54) is 17.3 Å². The van der Waals surface area contributed by atoms with Crippen LogP contribution in [0.15, 0.2) is 50.7 Å². The number of aromatic nitrogens is 2. The van der Waals surface area contributed by atoms with Gasteiger partial charge < -0.3 is 8.83 Å². The van der Waals surface area contributed by atoms with Crippen molar-refractivity contribution in [1.82, 2.24) is 10.2 Å². The van der Waals surface area contributed by atoms with E-state index in [1.807, 2.05) is 38.1 Å². The van der Waals surface area contributed by atoms with Crippen molar-refractivity contribution in [3.05, 3.63) is 53.5 Å². The molecule has 1 aromatic carbocycles. The molecule has 0 radical (unpaired) electrons. The highest BCUT2D eigenvalue weighted by Crippen LogP contribution is 2.29. The molecule has 2 heterocycles. The first-order chi connectivity index (χ1) is 11.2. The summed E-state index contributed by atoms with van der Waals surface area (Å²) < 4.78 is 10.9. The Morgan fingerprint density at radius 1 is 1.17 bits per heavy atom. The average Bonchev–Trinajstić information content (AvgIpc) is 3.17. The fraction of sp³-hybridized carbons (Fsp3) is 0.235. The van der Waals surface area contributed by atoms with Crippen LogP contribution in [0.1, 0.15) is 16.9 Å². The third-order valence-corrected chi connectivity index (χ3v) is 4.35. The number of nitriles is 1. The minimum atomic E-state index is -0.281. The average molecular weight is 325 g/mol. The zero-order valence-electron chi connectivity index (χ0n) is 12.8. The van der Waals surface area contributed by atoms with Crippen LogP contribution < -0.4 is 0 Å². The predicted molar refractivity (Wildman–Crippen MR) is 86.9 cm³/mol. The number of hydrogen-bond acceptors (Lipinski definition) is 6. The van der Waals surface area contributed by atoms with Crippen LogP contribution >= 0.6 is 11.8 Å². The molecule has 0 bridgehead atoms. The molecule has 23 heavy (non-hydrogen) atoms. The number of hydrogen-bond donors (Lipinski definition) is 0. The van der Waals surface area contributed by atoms with Gasteiger partial charge in [0.2, 0.25) is 0 Å². The van der Waals surface area contributed by atoms with E-state index >= 15 is 0 Å². The maximum Gasteiger partial charge on any atom is 0.278 e. The van der Waals surface area contributed by atoms with Gasteiger partial charge in [0.1, 0.15) is 11.0 Å². The highest BCUT2D eigenvalue weighted by molar-refractivity contribution is 7.99. The largest absolute Gasteiger partial charge is 0.469 e. The highest BCUT2D eigenvalue weighted by Gasteiger charge is 2.18. The number of thioether (sulfide) groups is 1. The molecule has 116 valence electrons. The Morgan fingerprint density at radius 3 is 2.61 bits per heavy atom. The van der Waals surface area contributed by atoms with E-state index in [0.29, 0.717) is 17.5 Å². The molecule has 0 fully saturated rings. The summed E-state index contributed by atoms with van der Waals surface area (Å²) in [7, 11) is 0. The second-order valence-corrected chi connectivity index (χ2v) is 6.34. The van der Waals surface area contributed by atoms with Crippen molar-refractivity contribution in [1.29, 1.82) is 5.26 Å². The Labute approximate surface area is 138 Å². The maximum atomic E-state index is 9.36. The molecule has 0 saturated carbocycles. The summed E-state index contributed by atoms with van der Waals surface area (Å²) in [5, 5.41) is 17.5. The van der Waals surface area contributed by atoms with Gasteiger partial charge in [0.05, 0.1) is 17.9 Å². The van der Waals surface area contributed by atoms with Crippen LogP contribution in [0, 0.1) is 25.2 Å². The minimum Gasteiger partial charge on any atom is -0.469 e. The van der Waals surface area contributed by atoms with Crippen molar-refractivity contribution in [2.45, 2.75) is 30.7 Å². The zero-order valence-corrected chi connectivity index (χ0v) is 13.6. The van der Waals surface area contributed by atoms with E-state index in [-0.39, 0.29) is 5.25 Å². The van der Waals surface area contributed by atoms with E-state index in [1.54, 1.807) is 12.3 Å². The third kappa shape index (κ3) is 3.63. The maximum absolute atomic E-state index is 9.36. The van der Waals surface area contributed by atoms with Gasteiger partial charge >= 0.3 is 0 Å². The zero-order chi connectivity index (χ0) is 16.2. The Hall–Kier alpha value is -2.52. The normalized spacial score (nSPS) is 12.0. The molecule has 0 aliphatic rings. The first-order valence-electron chi connectivity index (χ1n) is 7.15. The molecule has 0 unspecified atom stereocenters. The Bertz CT molecular complexity index is 830. The molecule has 0 aliphatic heterocycles. The van der Waals surface area contributed by atoms with Gasteiger partial charge in [-0.05, 0) is 43.7 Å². The Kier molecular flexibility index (Phi) is 4.49. The van der Waals surface area contributed by atoms with Gasteiger partial charge in [-0.1, -0.05) is 29.8 Å². The quantitative estimate of drug-likeness (QED) is 0.655. The van der Waals surface area contributed by atoms with E-state index in [4.69, 9.17) is 8.83 Å². The standard InChI is InChI=1S/C17H15N3O2S/c1-11-3-5-13(6-4-11)9-14(10-18)23-17-20-19-16(22-17)15-7-8-21-12(15)2/h3-8,14H,9H2,1-2H3/t14-/m0/s1. The van der Waals surface area contributed by atoms with Crippen LogP contribution in [0.3, 0.4) is 0 Å². The summed E-state index contributed by atoms with van der Waals surface area (Å²) in [5.74, 6) is 1.13.